The number of ether oxygens (including phenoxy) is 1. The summed E-state index contributed by atoms with van der Waals surface area (Å²) in [6.45, 7) is 8.31. The largest absolute Gasteiger partial charge is 0.463 e. The van der Waals surface area contributed by atoms with E-state index in [1.54, 1.807) is 0 Å². The van der Waals surface area contributed by atoms with E-state index in [1.807, 2.05) is 0 Å². The first kappa shape index (κ1) is 18.5. The van der Waals surface area contributed by atoms with Gasteiger partial charge in [-0.25, -0.2) is 0 Å². The minimum absolute atomic E-state index is 0.144. The SMILES string of the molecule is CC(=O)OC[C@@]1(O)C[C@@]23CC[C@@H]4C(C)(C)C(=O)CC[C@]4(C)[C@H]2CC[C@@H]1C3. The number of Topliss-reactive ketones (excluding diaryl/α,β-unsaturated/α-hetero) is 1. The minimum atomic E-state index is -0.858. The first-order valence-corrected chi connectivity index (χ1v) is 10.4. The van der Waals surface area contributed by atoms with Crippen molar-refractivity contribution in [2.45, 2.75) is 84.7 Å². The predicted molar refractivity (Wildman–Crippen MR) is 98.3 cm³/mol. The molecule has 0 aliphatic heterocycles. The van der Waals surface area contributed by atoms with Gasteiger partial charge < -0.3 is 9.84 Å². The van der Waals surface area contributed by atoms with Gasteiger partial charge in [-0.3, -0.25) is 9.59 Å². The average molecular weight is 363 g/mol. The lowest BCUT2D eigenvalue weighted by atomic mass is 9.41. The molecule has 146 valence electrons. The number of rotatable bonds is 2. The molecule has 4 heteroatoms. The Morgan fingerprint density at radius 2 is 1.88 bits per heavy atom. The van der Waals surface area contributed by atoms with E-state index in [0.717, 1.165) is 44.9 Å². The molecule has 0 saturated heterocycles. The van der Waals surface area contributed by atoms with Gasteiger partial charge in [-0.05, 0) is 73.5 Å². The molecule has 4 nitrogen and oxygen atoms in total. The topological polar surface area (TPSA) is 63.6 Å². The molecular formula is C22H34O4. The molecule has 4 aliphatic carbocycles. The van der Waals surface area contributed by atoms with Crippen molar-refractivity contribution in [2.75, 3.05) is 6.61 Å². The Bertz CT molecular complexity index is 640. The zero-order valence-corrected chi connectivity index (χ0v) is 16.8. The lowest BCUT2D eigenvalue weighted by Gasteiger charge is -2.63. The number of fused-ring (bicyclic) bond motifs is 3. The minimum Gasteiger partial charge on any atom is -0.463 e. The first-order valence-electron chi connectivity index (χ1n) is 10.4. The van der Waals surface area contributed by atoms with Gasteiger partial charge in [0, 0.05) is 18.8 Å². The molecule has 1 N–H and O–H groups in total. The number of carbonyl (C=O) groups excluding carboxylic acids is 2. The Morgan fingerprint density at radius 3 is 2.58 bits per heavy atom. The van der Waals surface area contributed by atoms with Gasteiger partial charge in [0.1, 0.15) is 18.0 Å². The zero-order valence-electron chi connectivity index (χ0n) is 16.8. The Morgan fingerprint density at radius 1 is 1.15 bits per heavy atom. The maximum atomic E-state index is 12.6. The fourth-order valence-corrected chi connectivity index (χ4v) is 8.04. The van der Waals surface area contributed by atoms with Gasteiger partial charge in [0.2, 0.25) is 0 Å². The van der Waals surface area contributed by atoms with Gasteiger partial charge in [-0.15, -0.1) is 0 Å². The molecule has 4 fully saturated rings. The Balaban J connectivity index is 1.64. The zero-order chi connectivity index (χ0) is 19.0. The summed E-state index contributed by atoms with van der Waals surface area (Å²) < 4.78 is 5.26. The fraction of sp³-hybridized carbons (Fsp3) is 0.909. The average Bonchev–Trinajstić information content (AvgIpc) is 2.76. The van der Waals surface area contributed by atoms with Crippen molar-refractivity contribution >= 4 is 11.8 Å². The third-order valence-corrected chi connectivity index (χ3v) is 9.14. The Hall–Kier alpha value is -0.900. The summed E-state index contributed by atoms with van der Waals surface area (Å²) in [4.78, 5) is 23.9. The fourth-order valence-electron chi connectivity index (χ4n) is 8.04. The molecule has 0 amide bonds. The molecule has 6 atom stereocenters. The van der Waals surface area contributed by atoms with Crippen LogP contribution in [0.4, 0.5) is 0 Å². The predicted octanol–water partition coefficient (Wildman–Crippen LogP) is 3.89. The summed E-state index contributed by atoms with van der Waals surface area (Å²) in [6.07, 6.45) is 7.87. The summed E-state index contributed by atoms with van der Waals surface area (Å²) in [5.41, 5.74) is -0.728. The van der Waals surface area contributed by atoms with E-state index in [2.05, 4.69) is 20.8 Å². The van der Waals surface area contributed by atoms with Crippen molar-refractivity contribution in [1.29, 1.82) is 0 Å². The second kappa shape index (κ2) is 5.56. The molecule has 0 aromatic rings. The highest BCUT2D eigenvalue weighted by Gasteiger charge is 2.68. The Labute approximate surface area is 157 Å². The van der Waals surface area contributed by atoms with Crippen molar-refractivity contribution in [3.8, 4) is 0 Å². The number of ketones is 1. The van der Waals surface area contributed by atoms with E-state index in [1.165, 1.54) is 6.92 Å². The standard InChI is InChI=1S/C22H34O4/c1-14(23)26-13-22(25)12-21-10-7-16-19(2,3)18(24)8-9-20(16,4)17(21)6-5-15(22)11-21/h15-17,25H,5-13H2,1-4H3/t15-,16-,17-,20+,21+,22+/m1/s1. The van der Waals surface area contributed by atoms with Crippen LogP contribution in [0.1, 0.15) is 79.1 Å². The highest BCUT2D eigenvalue weighted by atomic mass is 16.5. The first-order chi connectivity index (χ1) is 12.0. The molecule has 0 radical (unpaired) electrons. The van der Waals surface area contributed by atoms with Gasteiger partial charge in [0.05, 0.1) is 0 Å². The highest BCUT2D eigenvalue weighted by molar-refractivity contribution is 5.85. The van der Waals surface area contributed by atoms with E-state index in [4.69, 9.17) is 4.74 Å². The van der Waals surface area contributed by atoms with Crippen molar-refractivity contribution in [2.24, 2.45) is 34.0 Å². The molecule has 0 heterocycles. The summed E-state index contributed by atoms with van der Waals surface area (Å²) in [6, 6.07) is 0. The van der Waals surface area contributed by atoms with E-state index < -0.39 is 5.60 Å². The molecular weight excluding hydrogens is 328 g/mol. The van der Waals surface area contributed by atoms with Gasteiger partial charge >= 0.3 is 5.97 Å². The van der Waals surface area contributed by atoms with Crippen LogP contribution in [0.2, 0.25) is 0 Å². The van der Waals surface area contributed by atoms with Crippen LogP contribution in [0.3, 0.4) is 0 Å². The van der Waals surface area contributed by atoms with E-state index >= 15 is 0 Å². The third-order valence-electron chi connectivity index (χ3n) is 9.14. The van der Waals surface area contributed by atoms with Gasteiger partial charge in [0.15, 0.2) is 0 Å². The lowest BCUT2D eigenvalue weighted by molar-refractivity contribution is -0.165. The van der Waals surface area contributed by atoms with Crippen LogP contribution in [0, 0.1) is 34.0 Å². The van der Waals surface area contributed by atoms with Crippen molar-refractivity contribution in [3.63, 3.8) is 0 Å². The molecule has 4 aliphatic rings. The van der Waals surface area contributed by atoms with E-state index in [9.17, 15) is 14.7 Å². The van der Waals surface area contributed by atoms with Crippen LogP contribution in [-0.4, -0.2) is 29.1 Å². The van der Waals surface area contributed by atoms with Crippen molar-refractivity contribution in [1.82, 2.24) is 0 Å². The van der Waals surface area contributed by atoms with Crippen LogP contribution >= 0.6 is 0 Å². The lowest BCUT2D eigenvalue weighted by Crippen LogP contribution is -2.58. The van der Waals surface area contributed by atoms with Crippen LogP contribution in [0.15, 0.2) is 0 Å². The van der Waals surface area contributed by atoms with Crippen LogP contribution in [0.25, 0.3) is 0 Å². The van der Waals surface area contributed by atoms with Gasteiger partial charge in [-0.1, -0.05) is 20.8 Å². The number of esters is 1. The molecule has 4 rings (SSSR count). The number of aliphatic hydroxyl groups is 1. The number of hydrogen-bond donors (Lipinski definition) is 1. The van der Waals surface area contributed by atoms with E-state index in [-0.39, 0.29) is 34.7 Å². The van der Waals surface area contributed by atoms with Gasteiger partial charge in [-0.2, -0.15) is 0 Å². The van der Waals surface area contributed by atoms with Crippen LogP contribution in [-0.2, 0) is 14.3 Å². The smallest absolute Gasteiger partial charge is 0.302 e. The molecule has 0 unspecified atom stereocenters. The quantitative estimate of drug-likeness (QED) is 0.757. The molecule has 0 aromatic heterocycles. The van der Waals surface area contributed by atoms with Gasteiger partial charge in [0.25, 0.3) is 0 Å². The second-order valence-electron chi connectivity index (χ2n) is 10.7. The monoisotopic (exact) mass is 362 g/mol. The molecule has 1 spiro atoms. The summed E-state index contributed by atoms with van der Waals surface area (Å²) in [7, 11) is 0. The maximum absolute atomic E-state index is 12.6. The maximum Gasteiger partial charge on any atom is 0.302 e. The van der Waals surface area contributed by atoms with E-state index in [0.29, 0.717) is 24.0 Å². The van der Waals surface area contributed by atoms with Crippen LogP contribution in [0.5, 0.6) is 0 Å². The van der Waals surface area contributed by atoms with Crippen molar-refractivity contribution in [3.05, 3.63) is 0 Å². The highest BCUT2D eigenvalue weighted by Crippen LogP contribution is 2.72. The molecule has 26 heavy (non-hydrogen) atoms. The molecule has 4 saturated carbocycles. The summed E-state index contributed by atoms with van der Waals surface area (Å²) in [5, 5.41) is 11.3. The third kappa shape index (κ3) is 2.36. The number of hydrogen-bond acceptors (Lipinski definition) is 4. The van der Waals surface area contributed by atoms with Crippen LogP contribution < -0.4 is 0 Å². The summed E-state index contributed by atoms with van der Waals surface area (Å²) >= 11 is 0. The Kier molecular flexibility index (Phi) is 3.95. The molecule has 2 bridgehead atoms. The number of carbonyl (C=O) groups is 2. The van der Waals surface area contributed by atoms with Crippen molar-refractivity contribution < 1.29 is 19.4 Å². The normalized spacial score (nSPS) is 49.3. The molecule has 0 aromatic carbocycles. The second-order valence-corrected chi connectivity index (χ2v) is 10.7. The summed E-state index contributed by atoms with van der Waals surface area (Å²) in [5.74, 6) is 1.39.